The zero-order valence-corrected chi connectivity index (χ0v) is 16.0. The van der Waals surface area contributed by atoms with Crippen LogP contribution in [0.4, 0.5) is 4.79 Å². The lowest BCUT2D eigenvalue weighted by atomic mass is 10.1. The Morgan fingerprint density at radius 3 is 2.50 bits per heavy atom. The lowest BCUT2D eigenvalue weighted by Gasteiger charge is -2.21. The van der Waals surface area contributed by atoms with Gasteiger partial charge >= 0.3 is 6.09 Å². The number of rotatable bonds is 1. The largest absolute Gasteiger partial charge is 0.443 e. The molecule has 0 spiro atoms. The summed E-state index contributed by atoms with van der Waals surface area (Å²) in [5.74, 6) is 0. The van der Waals surface area contributed by atoms with Gasteiger partial charge in [0.15, 0.2) is 0 Å². The third-order valence-electron chi connectivity index (χ3n) is 3.49. The van der Waals surface area contributed by atoms with E-state index in [1.54, 1.807) is 4.57 Å². The van der Waals surface area contributed by atoms with Crippen molar-refractivity contribution in [3.63, 3.8) is 0 Å². The van der Waals surface area contributed by atoms with Crippen molar-refractivity contribution in [2.45, 2.75) is 26.4 Å². The summed E-state index contributed by atoms with van der Waals surface area (Å²) in [7, 11) is 0. The molecular weight excluding hydrogens is 390 g/mol. The van der Waals surface area contributed by atoms with Crippen molar-refractivity contribution >= 4 is 44.5 Å². The van der Waals surface area contributed by atoms with Gasteiger partial charge in [-0.1, -0.05) is 51.8 Å². The second kappa shape index (κ2) is 6.26. The van der Waals surface area contributed by atoms with Crippen molar-refractivity contribution in [3.8, 4) is 11.3 Å². The van der Waals surface area contributed by atoms with E-state index >= 15 is 0 Å². The predicted molar refractivity (Wildman–Crippen MR) is 102 cm³/mol. The second-order valence-electron chi connectivity index (χ2n) is 6.53. The summed E-state index contributed by atoms with van der Waals surface area (Å²) in [5.41, 5.74) is 1.69. The Bertz CT molecular complexity index is 925. The molecule has 3 nitrogen and oxygen atoms in total. The molecule has 24 heavy (non-hydrogen) atoms. The molecule has 0 aliphatic rings. The lowest BCUT2D eigenvalue weighted by molar-refractivity contribution is 0.0547. The zero-order chi connectivity index (χ0) is 17.5. The molecule has 0 aliphatic heterocycles. The summed E-state index contributed by atoms with van der Waals surface area (Å²) in [6.45, 7) is 5.55. The van der Waals surface area contributed by atoms with Gasteiger partial charge in [-0.3, -0.25) is 0 Å². The maximum Gasteiger partial charge on any atom is 0.419 e. The maximum atomic E-state index is 12.8. The molecule has 0 unspecified atom stereocenters. The monoisotopic (exact) mass is 405 g/mol. The summed E-state index contributed by atoms with van der Waals surface area (Å²) >= 11 is 9.82. The molecule has 3 aromatic rings. The van der Waals surface area contributed by atoms with Crippen LogP contribution in [0.15, 0.2) is 53.0 Å². The zero-order valence-electron chi connectivity index (χ0n) is 13.6. The van der Waals surface area contributed by atoms with Crippen molar-refractivity contribution < 1.29 is 9.53 Å². The molecule has 2 aromatic carbocycles. The molecule has 5 heteroatoms. The summed E-state index contributed by atoms with van der Waals surface area (Å²) in [5, 5.41) is 1.53. The van der Waals surface area contributed by atoms with Gasteiger partial charge in [-0.25, -0.2) is 9.36 Å². The van der Waals surface area contributed by atoms with Gasteiger partial charge in [-0.05, 0) is 45.0 Å². The first-order chi connectivity index (χ1) is 11.3. The fraction of sp³-hybridized carbons (Fsp3) is 0.211. The predicted octanol–water partition coefficient (Wildman–Crippen LogP) is 6.51. The van der Waals surface area contributed by atoms with E-state index in [-0.39, 0.29) is 0 Å². The topological polar surface area (TPSA) is 31.2 Å². The van der Waals surface area contributed by atoms with Crippen LogP contribution in [0, 0.1) is 0 Å². The highest BCUT2D eigenvalue weighted by molar-refractivity contribution is 9.10. The van der Waals surface area contributed by atoms with Crippen LogP contribution < -0.4 is 0 Å². The lowest BCUT2D eigenvalue weighted by Crippen LogP contribution is -2.27. The number of carbonyl (C=O) groups excluding carboxylic acids is 1. The molecule has 3 rings (SSSR count). The highest BCUT2D eigenvalue weighted by Crippen LogP contribution is 2.34. The highest BCUT2D eigenvalue weighted by Gasteiger charge is 2.23. The number of fused-ring (bicyclic) bond motifs is 1. The number of halogens is 2. The van der Waals surface area contributed by atoms with E-state index in [9.17, 15) is 4.79 Å². The van der Waals surface area contributed by atoms with Crippen LogP contribution in [-0.4, -0.2) is 16.3 Å². The number of ether oxygens (including phenoxy) is 1. The summed E-state index contributed by atoms with van der Waals surface area (Å²) < 4.78 is 8.07. The second-order valence-corrected chi connectivity index (χ2v) is 7.85. The number of benzene rings is 2. The minimum absolute atomic E-state index is 0.425. The number of hydrogen-bond donors (Lipinski definition) is 0. The van der Waals surface area contributed by atoms with Crippen molar-refractivity contribution in [1.29, 1.82) is 0 Å². The molecule has 0 amide bonds. The van der Waals surface area contributed by atoms with Crippen LogP contribution in [0.5, 0.6) is 0 Å². The summed E-state index contributed by atoms with van der Waals surface area (Å²) in [4.78, 5) is 12.8. The standard InChI is InChI=1S/C19H17BrClNO2/c1-19(2,3)24-18(23)22-16-11-13(20)9-8-12(16)10-17(22)14-6-4-5-7-15(14)21/h4-11H,1-3H3. The highest BCUT2D eigenvalue weighted by atomic mass is 79.9. The first-order valence-electron chi connectivity index (χ1n) is 7.55. The molecule has 0 atom stereocenters. The van der Waals surface area contributed by atoms with Gasteiger partial charge in [0.1, 0.15) is 5.60 Å². The quantitative estimate of drug-likeness (QED) is 0.461. The van der Waals surface area contributed by atoms with Crippen molar-refractivity contribution in [2.24, 2.45) is 0 Å². The molecule has 0 saturated heterocycles. The SMILES string of the molecule is CC(C)(C)OC(=O)n1c(-c2ccccc2Cl)cc2ccc(Br)cc21. The Morgan fingerprint density at radius 2 is 1.83 bits per heavy atom. The van der Waals surface area contributed by atoms with Crippen LogP contribution in [0.1, 0.15) is 20.8 Å². The Hall–Kier alpha value is -1.78. The number of carbonyl (C=O) groups is 1. The molecule has 1 aromatic heterocycles. The molecule has 0 fully saturated rings. The fourth-order valence-electron chi connectivity index (χ4n) is 2.55. The minimum atomic E-state index is -0.586. The normalized spacial score (nSPS) is 11.7. The van der Waals surface area contributed by atoms with E-state index < -0.39 is 11.7 Å². The van der Waals surface area contributed by atoms with Gasteiger partial charge < -0.3 is 4.74 Å². The third-order valence-corrected chi connectivity index (χ3v) is 4.32. The van der Waals surface area contributed by atoms with Gasteiger partial charge in [-0.15, -0.1) is 0 Å². The molecule has 0 saturated carbocycles. The van der Waals surface area contributed by atoms with E-state index in [0.717, 1.165) is 20.9 Å². The van der Waals surface area contributed by atoms with Crippen LogP contribution in [0.2, 0.25) is 5.02 Å². The minimum Gasteiger partial charge on any atom is -0.443 e. The van der Waals surface area contributed by atoms with E-state index in [1.807, 2.05) is 69.3 Å². The van der Waals surface area contributed by atoms with E-state index in [2.05, 4.69) is 15.9 Å². The van der Waals surface area contributed by atoms with Crippen LogP contribution in [0.25, 0.3) is 22.2 Å². The number of aromatic nitrogens is 1. The van der Waals surface area contributed by atoms with Crippen LogP contribution in [-0.2, 0) is 4.74 Å². The van der Waals surface area contributed by atoms with Gasteiger partial charge in [0, 0.05) is 20.4 Å². The van der Waals surface area contributed by atoms with Gasteiger partial charge in [-0.2, -0.15) is 0 Å². The number of hydrogen-bond acceptors (Lipinski definition) is 2. The smallest absolute Gasteiger partial charge is 0.419 e. The van der Waals surface area contributed by atoms with Crippen molar-refractivity contribution in [1.82, 2.24) is 4.57 Å². The average molecular weight is 407 g/mol. The van der Waals surface area contributed by atoms with Gasteiger partial charge in [0.05, 0.1) is 11.2 Å². The van der Waals surface area contributed by atoms with E-state index in [4.69, 9.17) is 16.3 Å². The van der Waals surface area contributed by atoms with Crippen LogP contribution in [0.3, 0.4) is 0 Å². The van der Waals surface area contributed by atoms with Crippen molar-refractivity contribution in [2.75, 3.05) is 0 Å². The van der Waals surface area contributed by atoms with E-state index in [0.29, 0.717) is 10.7 Å². The summed E-state index contributed by atoms with van der Waals surface area (Å²) in [6, 6.07) is 15.2. The van der Waals surface area contributed by atoms with Gasteiger partial charge in [0.2, 0.25) is 0 Å². The fourth-order valence-corrected chi connectivity index (χ4v) is 3.13. The Morgan fingerprint density at radius 1 is 1.12 bits per heavy atom. The average Bonchev–Trinajstić information content (AvgIpc) is 2.84. The molecule has 1 heterocycles. The molecule has 0 N–H and O–H groups in total. The Labute approximate surface area is 154 Å². The van der Waals surface area contributed by atoms with Crippen LogP contribution >= 0.6 is 27.5 Å². The van der Waals surface area contributed by atoms with E-state index in [1.165, 1.54) is 0 Å². The summed E-state index contributed by atoms with van der Waals surface area (Å²) in [6.07, 6.45) is -0.425. The molecular formula is C19H17BrClNO2. The molecule has 124 valence electrons. The maximum absolute atomic E-state index is 12.8. The Balaban J connectivity index is 2.27. The Kier molecular flexibility index (Phi) is 4.45. The first-order valence-corrected chi connectivity index (χ1v) is 8.72. The molecule has 0 radical (unpaired) electrons. The third kappa shape index (κ3) is 3.35. The molecule has 0 bridgehead atoms. The van der Waals surface area contributed by atoms with Crippen molar-refractivity contribution in [3.05, 3.63) is 58.0 Å². The molecule has 0 aliphatic carbocycles. The van der Waals surface area contributed by atoms with Gasteiger partial charge in [0.25, 0.3) is 0 Å². The number of nitrogens with zero attached hydrogens (tertiary/aromatic N) is 1. The first kappa shape index (κ1) is 17.1.